The minimum absolute atomic E-state index is 0.0597. The summed E-state index contributed by atoms with van der Waals surface area (Å²) in [5.41, 5.74) is 5.59. The first-order chi connectivity index (χ1) is 12.4. The first-order valence-corrected chi connectivity index (χ1v) is 8.54. The van der Waals surface area contributed by atoms with Gasteiger partial charge in [0.1, 0.15) is 6.04 Å². The zero-order valence-electron chi connectivity index (χ0n) is 14.4. The van der Waals surface area contributed by atoms with Gasteiger partial charge in [0.2, 0.25) is 11.8 Å². The van der Waals surface area contributed by atoms with Gasteiger partial charge in [0.25, 0.3) is 5.91 Å². The largest absolute Gasteiger partial charge is 0.480 e. The average Bonchev–Trinajstić information content (AvgIpc) is 2.64. The number of amides is 3. The van der Waals surface area contributed by atoms with Crippen molar-refractivity contribution in [3.63, 3.8) is 0 Å². The highest BCUT2D eigenvalue weighted by Crippen LogP contribution is 2.19. The molecule has 26 heavy (non-hydrogen) atoms. The molecule has 0 aliphatic carbocycles. The molecule has 1 aliphatic rings. The van der Waals surface area contributed by atoms with Crippen molar-refractivity contribution < 1.29 is 24.3 Å². The van der Waals surface area contributed by atoms with E-state index in [1.807, 2.05) is 6.07 Å². The molecule has 1 saturated heterocycles. The third-order valence-corrected chi connectivity index (χ3v) is 4.39. The number of nitrogens with two attached hydrogens (primary N) is 1. The Bertz CT molecular complexity index is 677. The number of benzene rings is 1. The second-order valence-corrected chi connectivity index (χ2v) is 6.36. The number of carbonyl (C=O) groups excluding carboxylic acids is 3. The molecule has 140 valence electrons. The number of carboxylic acid groups (broad SMARTS) is 1. The summed E-state index contributed by atoms with van der Waals surface area (Å²) in [5, 5.41) is 11.6. The smallest absolute Gasteiger partial charge is 0.326 e. The summed E-state index contributed by atoms with van der Waals surface area (Å²) in [5.74, 6) is -2.89. The van der Waals surface area contributed by atoms with Crippen LogP contribution in [-0.4, -0.2) is 52.8 Å². The summed E-state index contributed by atoms with van der Waals surface area (Å²) in [7, 11) is 0. The Morgan fingerprint density at radius 3 is 2.54 bits per heavy atom. The Hall–Kier alpha value is -2.90. The second kappa shape index (κ2) is 8.98. The topological polar surface area (TPSA) is 130 Å². The van der Waals surface area contributed by atoms with E-state index in [1.54, 1.807) is 29.2 Å². The van der Waals surface area contributed by atoms with Crippen molar-refractivity contribution in [1.29, 1.82) is 0 Å². The second-order valence-electron chi connectivity index (χ2n) is 6.36. The van der Waals surface area contributed by atoms with Crippen molar-refractivity contribution in [2.24, 2.45) is 11.7 Å². The maximum atomic E-state index is 12.5. The first-order valence-electron chi connectivity index (χ1n) is 8.54. The third kappa shape index (κ3) is 5.30. The van der Waals surface area contributed by atoms with E-state index in [1.165, 1.54) is 0 Å². The Morgan fingerprint density at radius 2 is 1.92 bits per heavy atom. The van der Waals surface area contributed by atoms with E-state index in [4.69, 9.17) is 5.73 Å². The number of likely N-dealkylation sites (tertiary alicyclic amines) is 1. The van der Waals surface area contributed by atoms with Crippen LogP contribution in [0, 0.1) is 5.92 Å². The molecule has 3 amide bonds. The predicted octanol–water partition coefficient (Wildman–Crippen LogP) is 0.374. The lowest BCUT2D eigenvalue weighted by atomic mass is 9.95. The van der Waals surface area contributed by atoms with Gasteiger partial charge in [-0.2, -0.15) is 0 Å². The number of aliphatic carboxylic acids is 1. The van der Waals surface area contributed by atoms with E-state index >= 15 is 0 Å². The zero-order valence-corrected chi connectivity index (χ0v) is 14.4. The fourth-order valence-corrected chi connectivity index (χ4v) is 2.97. The van der Waals surface area contributed by atoms with Crippen molar-refractivity contribution in [3.05, 3.63) is 35.9 Å². The molecule has 1 heterocycles. The van der Waals surface area contributed by atoms with Crippen LogP contribution in [-0.2, 0) is 14.4 Å². The lowest BCUT2D eigenvalue weighted by Gasteiger charge is -2.32. The molecule has 1 aliphatic heterocycles. The van der Waals surface area contributed by atoms with Crippen LogP contribution in [0.25, 0.3) is 0 Å². The van der Waals surface area contributed by atoms with Crippen molar-refractivity contribution in [2.45, 2.75) is 31.7 Å². The van der Waals surface area contributed by atoms with Gasteiger partial charge in [-0.1, -0.05) is 18.2 Å². The molecule has 0 radical (unpaired) electrons. The number of carboxylic acids is 1. The Morgan fingerprint density at radius 1 is 1.23 bits per heavy atom. The highest BCUT2D eigenvalue weighted by atomic mass is 16.4. The minimum Gasteiger partial charge on any atom is -0.480 e. The first kappa shape index (κ1) is 19.4. The summed E-state index contributed by atoms with van der Waals surface area (Å²) in [6.45, 7) is 0.795. The van der Waals surface area contributed by atoms with Crippen molar-refractivity contribution in [3.8, 4) is 0 Å². The molecule has 1 fully saturated rings. The molecule has 0 aromatic heterocycles. The number of nitrogens with one attached hydrogen (secondary N) is 1. The normalized spacial score (nSPS) is 18.0. The average molecular weight is 361 g/mol. The van der Waals surface area contributed by atoms with Crippen molar-refractivity contribution >= 4 is 23.7 Å². The lowest BCUT2D eigenvalue weighted by molar-refractivity contribution is -0.143. The maximum absolute atomic E-state index is 12.5. The Balaban J connectivity index is 1.97. The molecule has 4 N–H and O–H groups in total. The van der Waals surface area contributed by atoms with Gasteiger partial charge in [0.15, 0.2) is 0 Å². The number of piperidine rings is 1. The number of hydrogen-bond donors (Lipinski definition) is 3. The molecule has 8 heteroatoms. The molecule has 8 nitrogen and oxygen atoms in total. The van der Waals surface area contributed by atoms with Crippen LogP contribution in [0.4, 0.5) is 0 Å². The molecule has 2 atom stereocenters. The SMILES string of the molecule is NC(=O)CC[C@H](NC(=O)C1CCCN(C(=O)c2ccccc2)C1)C(=O)O. The number of hydrogen-bond acceptors (Lipinski definition) is 4. The van der Waals surface area contributed by atoms with Gasteiger partial charge >= 0.3 is 5.97 Å². The molecular formula is C18H23N3O5. The molecule has 2 rings (SSSR count). The quantitative estimate of drug-likeness (QED) is 0.646. The summed E-state index contributed by atoms with van der Waals surface area (Å²) < 4.78 is 0. The summed E-state index contributed by atoms with van der Waals surface area (Å²) in [6.07, 6.45) is 1.05. The van der Waals surface area contributed by atoms with Crippen LogP contribution in [0.2, 0.25) is 0 Å². The van der Waals surface area contributed by atoms with Gasteiger partial charge in [-0.3, -0.25) is 14.4 Å². The number of carbonyl (C=O) groups is 4. The monoisotopic (exact) mass is 361 g/mol. The maximum Gasteiger partial charge on any atom is 0.326 e. The highest BCUT2D eigenvalue weighted by Gasteiger charge is 2.31. The molecule has 1 aromatic carbocycles. The fourth-order valence-electron chi connectivity index (χ4n) is 2.97. The van der Waals surface area contributed by atoms with Crippen LogP contribution < -0.4 is 11.1 Å². The zero-order chi connectivity index (χ0) is 19.1. The van der Waals surface area contributed by atoms with Crippen LogP contribution in [0.1, 0.15) is 36.0 Å². The van der Waals surface area contributed by atoms with Crippen LogP contribution in [0.3, 0.4) is 0 Å². The van der Waals surface area contributed by atoms with E-state index in [9.17, 15) is 24.3 Å². The predicted molar refractivity (Wildman–Crippen MR) is 93.1 cm³/mol. The Kier molecular flexibility index (Phi) is 6.71. The standard InChI is InChI=1S/C18H23N3O5/c19-15(22)9-8-14(18(25)26)20-16(23)13-7-4-10-21(11-13)17(24)12-5-2-1-3-6-12/h1-3,5-6,13-14H,4,7-11H2,(H2,19,22)(H,20,23)(H,25,26)/t13?,14-/m0/s1. The Labute approximate surface area is 151 Å². The van der Waals surface area contributed by atoms with Gasteiger partial charge < -0.3 is 21.1 Å². The van der Waals surface area contributed by atoms with E-state index in [-0.39, 0.29) is 25.3 Å². The molecule has 1 aromatic rings. The van der Waals surface area contributed by atoms with E-state index in [0.717, 1.165) is 0 Å². The van der Waals surface area contributed by atoms with Crippen LogP contribution in [0.15, 0.2) is 30.3 Å². The number of nitrogens with zero attached hydrogens (tertiary/aromatic N) is 1. The van der Waals surface area contributed by atoms with E-state index in [0.29, 0.717) is 24.9 Å². The van der Waals surface area contributed by atoms with Gasteiger partial charge in [-0.25, -0.2) is 4.79 Å². The molecule has 1 unspecified atom stereocenters. The molecule has 0 saturated carbocycles. The minimum atomic E-state index is -1.22. The van der Waals surface area contributed by atoms with Gasteiger partial charge in [-0.15, -0.1) is 0 Å². The van der Waals surface area contributed by atoms with Crippen molar-refractivity contribution in [1.82, 2.24) is 10.2 Å². The third-order valence-electron chi connectivity index (χ3n) is 4.39. The summed E-state index contributed by atoms with van der Waals surface area (Å²) in [6, 6.07) is 7.64. The molecule has 0 spiro atoms. The van der Waals surface area contributed by atoms with E-state index in [2.05, 4.69) is 5.32 Å². The molecule has 0 bridgehead atoms. The lowest BCUT2D eigenvalue weighted by Crippen LogP contribution is -2.49. The van der Waals surface area contributed by atoms with Crippen LogP contribution in [0.5, 0.6) is 0 Å². The number of rotatable bonds is 7. The van der Waals surface area contributed by atoms with Gasteiger partial charge in [-0.05, 0) is 31.4 Å². The molecular weight excluding hydrogens is 338 g/mol. The highest BCUT2D eigenvalue weighted by molar-refractivity contribution is 5.94. The van der Waals surface area contributed by atoms with Crippen LogP contribution >= 0.6 is 0 Å². The van der Waals surface area contributed by atoms with Crippen molar-refractivity contribution in [2.75, 3.05) is 13.1 Å². The summed E-state index contributed by atoms with van der Waals surface area (Å²) in [4.78, 5) is 48.7. The van der Waals surface area contributed by atoms with Gasteiger partial charge in [0.05, 0.1) is 5.92 Å². The number of primary amides is 1. The van der Waals surface area contributed by atoms with Gasteiger partial charge in [0, 0.05) is 25.1 Å². The fraction of sp³-hybridized carbons (Fsp3) is 0.444. The summed E-state index contributed by atoms with van der Waals surface area (Å²) >= 11 is 0. The van der Waals surface area contributed by atoms with E-state index < -0.39 is 29.7 Å².